The molecule has 1 aliphatic heterocycles. The summed E-state index contributed by atoms with van der Waals surface area (Å²) in [5.41, 5.74) is 2.75. The second kappa shape index (κ2) is 6.53. The van der Waals surface area contributed by atoms with Crippen molar-refractivity contribution in [3.05, 3.63) is 17.5 Å². The fourth-order valence-electron chi connectivity index (χ4n) is 2.69. The highest BCUT2D eigenvalue weighted by molar-refractivity contribution is 5.33. The number of nitrogens with zero attached hydrogens (tertiary/aromatic N) is 3. The molecule has 1 aromatic rings. The van der Waals surface area contributed by atoms with E-state index in [-0.39, 0.29) is 0 Å². The zero-order chi connectivity index (χ0) is 14.6. The lowest BCUT2D eigenvalue weighted by Gasteiger charge is -2.23. The monoisotopic (exact) mass is 276 g/mol. The lowest BCUT2D eigenvalue weighted by Crippen LogP contribution is -2.27. The molecular weight excluding hydrogens is 248 g/mol. The SMILES string of the molecule is CCNCc1cnc(N2CCCC(C)(C)CC2)nc1C. The molecule has 2 heterocycles. The van der Waals surface area contributed by atoms with Crippen molar-refractivity contribution in [1.29, 1.82) is 0 Å². The van der Waals surface area contributed by atoms with Gasteiger partial charge in [-0.25, -0.2) is 9.97 Å². The van der Waals surface area contributed by atoms with Gasteiger partial charge in [-0.15, -0.1) is 0 Å². The van der Waals surface area contributed by atoms with Gasteiger partial charge in [-0.05, 0) is 38.1 Å². The summed E-state index contributed by atoms with van der Waals surface area (Å²) in [6.45, 7) is 12.9. The average Bonchev–Trinajstić information content (AvgIpc) is 2.58. The molecule has 2 rings (SSSR count). The Hall–Kier alpha value is -1.16. The molecule has 0 saturated carbocycles. The second-order valence-corrected chi connectivity index (χ2v) is 6.57. The quantitative estimate of drug-likeness (QED) is 0.918. The lowest BCUT2D eigenvalue weighted by molar-refractivity contribution is 0.325. The standard InChI is InChI=1S/C16H28N4/c1-5-17-11-14-12-18-15(19-13(14)2)20-9-6-7-16(3,4)8-10-20/h12,17H,5-11H2,1-4H3. The molecule has 1 aliphatic rings. The van der Waals surface area contributed by atoms with Crippen LogP contribution in [0, 0.1) is 12.3 Å². The molecular formula is C16H28N4. The van der Waals surface area contributed by atoms with E-state index >= 15 is 0 Å². The van der Waals surface area contributed by atoms with Gasteiger partial charge in [0.15, 0.2) is 0 Å². The Bertz CT molecular complexity index is 442. The van der Waals surface area contributed by atoms with E-state index in [1.165, 1.54) is 24.8 Å². The highest BCUT2D eigenvalue weighted by atomic mass is 15.2. The first-order chi connectivity index (χ1) is 9.52. The Balaban J connectivity index is 2.07. The molecule has 4 heteroatoms. The number of anilines is 1. The highest BCUT2D eigenvalue weighted by Gasteiger charge is 2.24. The third kappa shape index (κ3) is 3.92. The van der Waals surface area contributed by atoms with Gasteiger partial charge in [-0.3, -0.25) is 0 Å². The number of nitrogens with one attached hydrogen (secondary N) is 1. The molecule has 0 aliphatic carbocycles. The summed E-state index contributed by atoms with van der Waals surface area (Å²) in [6, 6.07) is 0. The van der Waals surface area contributed by atoms with Crippen LogP contribution >= 0.6 is 0 Å². The van der Waals surface area contributed by atoms with Crippen molar-refractivity contribution in [3.63, 3.8) is 0 Å². The number of hydrogen-bond donors (Lipinski definition) is 1. The summed E-state index contributed by atoms with van der Waals surface area (Å²) in [5.74, 6) is 0.903. The molecule has 0 aromatic carbocycles. The Kier molecular flexibility index (Phi) is 4.97. The first-order valence-electron chi connectivity index (χ1n) is 7.80. The van der Waals surface area contributed by atoms with E-state index < -0.39 is 0 Å². The number of rotatable bonds is 4. The number of aromatic nitrogens is 2. The van der Waals surface area contributed by atoms with Crippen LogP contribution in [0.25, 0.3) is 0 Å². The molecule has 0 bridgehead atoms. The molecule has 1 fully saturated rings. The summed E-state index contributed by atoms with van der Waals surface area (Å²) in [7, 11) is 0. The zero-order valence-corrected chi connectivity index (χ0v) is 13.4. The van der Waals surface area contributed by atoms with Crippen molar-refractivity contribution in [2.75, 3.05) is 24.5 Å². The molecule has 112 valence electrons. The summed E-state index contributed by atoms with van der Waals surface area (Å²) in [5, 5.41) is 3.33. The number of hydrogen-bond acceptors (Lipinski definition) is 4. The molecule has 1 N–H and O–H groups in total. The van der Waals surface area contributed by atoms with Crippen molar-refractivity contribution in [3.8, 4) is 0 Å². The average molecular weight is 276 g/mol. The van der Waals surface area contributed by atoms with Gasteiger partial charge in [0.25, 0.3) is 0 Å². The van der Waals surface area contributed by atoms with Crippen molar-refractivity contribution in [1.82, 2.24) is 15.3 Å². The van der Waals surface area contributed by atoms with Gasteiger partial charge < -0.3 is 10.2 Å². The van der Waals surface area contributed by atoms with Crippen LogP contribution in [0.4, 0.5) is 5.95 Å². The third-order valence-electron chi connectivity index (χ3n) is 4.26. The van der Waals surface area contributed by atoms with Gasteiger partial charge in [0, 0.05) is 37.1 Å². The third-order valence-corrected chi connectivity index (χ3v) is 4.26. The summed E-state index contributed by atoms with van der Waals surface area (Å²) < 4.78 is 0. The molecule has 0 unspecified atom stereocenters. The van der Waals surface area contributed by atoms with Crippen molar-refractivity contribution < 1.29 is 0 Å². The van der Waals surface area contributed by atoms with Gasteiger partial charge in [0.1, 0.15) is 0 Å². The minimum absolute atomic E-state index is 0.453. The number of aryl methyl sites for hydroxylation is 1. The van der Waals surface area contributed by atoms with Gasteiger partial charge in [0.05, 0.1) is 0 Å². The molecule has 4 nitrogen and oxygen atoms in total. The van der Waals surface area contributed by atoms with E-state index in [1.807, 2.05) is 6.20 Å². The van der Waals surface area contributed by atoms with Crippen LogP contribution in [0.2, 0.25) is 0 Å². The van der Waals surface area contributed by atoms with Crippen LogP contribution in [0.3, 0.4) is 0 Å². The largest absolute Gasteiger partial charge is 0.341 e. The molecule has 0 radical (unpaired) electrons. The van der Waals surface area contributed by atoms with Crippen LogP contribution in [0.1, 0.15) is 51.3 Å². The predicted octanol–water partition coefficient (Wildman–Crippen LogP) is 2.91. The summed E-state index contributed by atoms with van der Waals surface area (Å²) >= 11 is 0. The molecule has 1 aromatic heterocycles. The van der Waals surface area contributed by atoms with Crippen LogP contribution in [-0.2, 0) is 6.54 Å². The minimum Gasteiger partial charge on any atom is -0.341 e. The fraction of sp³-hybridized carbons (Fsp3) is 0.750. The fourth-order valence-corrected chi connectivity index (χ4v) is 2.69. The normalized spacial score (nSPS) is 18.9. The Labute approximate surface area is 123 Å². The zero-order valence-electron chi connectivity index (χ0n) is 13.4. The van der Waals surface area contributed by atoms with Crippen LogP contribution in [0.15, 0.2) is 6.20 Å². The first-order valence-corrected chi connectivity index (χ1v) is 7.80. The minimum atomic E-state index is 0.453. The van der Waals surface area contributed by atoms with E-state index in [0.29, 0.717) is 5.41 Å². The van der Waals surface area contributed by atoms with Crippen molar-refractivity contribution in [2.45, 2.75) is 53.5 Å². The highest BCUT2D eigenvalue weighted by Crippen LogP contribution is 2.30. The Morgan fingerprint density at radius 3 is 2.80 bits per heavy atom. The van der Waals surface area contributed by atoms with E-state index in [4.69, 9.17) is 4.98 Å². The van der Waals surface area contributed by atoms with Gasteiger partial charge in [0.2, 0.25) is 5.95 Å². The van der Waals surface area contributed by atoms with E-state index in [0.717, 1.165) is 37.8 Å². The van der Waals surface area contributed by atoms with Crippen LogP contribution < -0.4 is 10.2 Å². The molecule has 1 saturated heterocycles. The maximum absolute atomic E-state index is 4.71. The van der Waals surface area contributed by atoms with Gasteiger partial charge >= 0.3 is 0 Å². The Morgan fingerprint density at radius 2 is 2.10 bits per heavy atom. The molecule has 0 atom stereocenters. The lowest BCUT2D eigenvalue weighted by atomic mass is 9.85. The van der Waals surface area contributed by atoms with Gasteiger partial charge in [-0.1, -0.05) is 20.8 Å². The topological polar surface area (TPSA) is 41.1 Å². The van der Waals surface area contributed by atoms with Crippen LogP contribution in [-0.4, -0.2) is 29.6 Å². The smallest absolute Gasteiger partial charge is 0.225 e. The first kappa shape index (κ1) is 15.2. The molecule has 0 amide bonds. The van der Waals surface area contributed by atoms with E-state index in [1.54, 1.807) is 0 Å². The maximum atomic E-state index is 4.71. The summed E-state index contributed by atoms with van der Waals surface area (Å²) in [4.78, 5) is 11.6. The molecule has 0 spiro atoms. The maximum Gasteiger partial charge on any atom is 0.225 e. The van der Waals surface area contributed by atoms with Gasteiger partial charge in [-0.2, -0.15) is 0 Å². The molecule has 20 heavy (non-hydrogen) atoms. The Morgan fingerprint density at radius 1 is 1.30 bits per heavy atom. The van der Waals surface area contributed by atoms with Crippen LogP contribution in [0.5, 0.6) is 0 Å². The summed E-state index contributed by atoms with van der Waals surface area (Å²) in [6.07, 6.45) is 5.72. The van der Waals surface area contributed by atoms with E-state index in [9.17, 15) is 0 Å². The predicted molar refractivity (Wildman–Crippen MR) is 84.0 cm³/mol. The van der Waals surface area contributed by atoms with E-state index in [2.05, 4.69) is 42.9 Å². The second-order valence-electron chi connectivity index (χ2n) is 6.57. The van der Waals surface area contributed by atoms with Crippen molar-refractivity contribution in [2.24, 2.45) is 5.41 Å². The van der Waals surface area contributed by atoms with Crippen molar-refractivity contribution >= 4 is 5.95 Å².